The molecule has 0 bridgehead atoms. The third kappa shape index (κ3) is 4.71. The fourth-order valence-corrected chi connectivity index (χ4v) is 2.54. The van der Waals surface area contributed by atoms with E-state index in [0.717, 1.165) is 36.7 Å². The van der Waals surface area contributed by atoms with Gasteiger partial charge in [0, 0.05) is 43.0 Å². The van der Waals surface area contributed by atoms with E-state index >= 15 is 0 Å². The third-order valence-corrected chi connectivity index (χ3v) is 3.74. The van der Waals surface area contributed by atoms with Crippen LogP contribution in [0.1, 0.15) is 13.3 Å². The van der Waals surface area contributed by atoms with Gasteiger partial charge in [-0.3, -0.25) is 0 Å². The number of hydrogen-bond acceptors (Lipinski definition) is 4. The van der Waals surface area contributed by atoms with Crippen molar-refractivity contribution in [2.24, 2.45) is 0 Å². The molecule has 0 saturated carbocycles. The largest absolute Gasteiger partial charge is 0.497 e. The quantitative estimate of drug-likeness (QED) is 0.810. The van der Waals surface area contributed by atoms with Crippen molar-refractivity contribution in [3.05, 3.63) is 18.2 Å². The lowest BCUT2D eigenvalue weighted by Gasteiger charge is -2.20. The van der Waals surface area contributed by atoms with Crippen LogP contribution >= 0.6 is 0 Å². The molecule has 0 unspecified atom stereocenters. The Balaban J connectivity index is 1.94. The molecule has 23 heavy (non-hydrogen) atoms. The Bertz CT molecular complexity index is 585. The number of nitrogens with zero attached hydrogens (tertiary/aromatic N) is 1. The second-order valence-corrected chi connectivity index (χ2v) is 5.26. The van der Waals surface area contributed by atoms with Crippen LogP contribution in [0, 0.1) is 11.8 Å². The van der Waals surface area contributed by atoms with Crippen molar-refractivity contribution >= 4 is 11.7 Å². The number of ether oxygens (including phenoxy) is 2. The highest BCUT2D eigenvalue weighted by Gasteiger charge is 2.24. The monoisotopic (exact) mass is 317 g/mol. The first-order valence-corrected chi connectivity index (χ1v) is 7.58. The number of amides is 2. The highest BCUT2D eigenvalue weighted by atomic mass is 16.5. The van der Waals surface area contributed by atoms with Gasteiger partial charge in [-0.15, -0.1) is 5.92 Å². The molecule has 1 atom stereocenters. The molecule has 0 radical (unpaired) electrons. The van der Waals surface area contributed by atoms with E-state index in [2.05, 4.69) is 27.4 Å². The molecule has 1 heterocycles. The average Bonchev–Trinajstić information content (AvgIpc) is 3.03. The summed E-state index contributed by atoms with van der Waals surface area (Å²) in [6.07, 6.45) is 0.895. The molecule has 1 aromatic rings. The molecule has 1 aliphatic rings. The normalized spacial score (nSPS) is 16.3. The summed E-state index contributed by atoms with van der Waals surface area (Å²) >= 11 is 0. The minimum atomic E-state index is -0.178. The van der Waals surface area contributed by atoms with E-state index in [-0.39, 0.29) is 12.1 Å². The summed E-state index contributed by atoms with van der Waals surface area (Å²) in [6.45, 7) is 3.74. The van der Waals surface area contributed by atoms with E-state index in [0.29, 0.717) is 6.54 Å². The van der Waals surface area contributed by atoms with Crippen LogP contribution in [0.5, 0.6) is 11.5 Å². The van der Waals surface area contributed by atoms with Gasteiger partial charge in [-0.05, 0) is 13.3 Å². The fourth-order valence-electron chi connectivity index (χ4n) is 2.54. The zero-order chi connectivity index (χ0) is 16.7. The van der Waals surface area contributed by atoms with Gasteiger partial charge in [-0.25, -0.2) is 4.79 Å². The molecule has 2 rings (SSSR count). The highest BCUT2D eigenvalue weighted by molar-refractivity contribution is 5.74. The first-order chi connectivity index (χ1) is 11.2. The highest BCUT2D eigenvalue weighted by Crippen LogP contribution is 2.30. The number of urea groups is 1. The van der Waals surface area contributed by atoms with E-state index in [4.69, 9.17) is 9.47 Å². The molecule has 0 aliphatic carbocycles. The van der Waals surface area contributed by atoms with Gasteiger partial charge in [0.25, 0.3) is 0 Å². The third-order valence-electron chi connectivity index (χ3n) is 3.74. The van der Waals surface area contributed by atoms with Crippen molar-refractivity contribution in [3.63, 3.8) is 0 Å². The van der Waals surface area contributed by atoms with E-state index in [9.17, 15) is 4.79 Å². The van der Waals surface area contributed by atoms with Crippen molar-refractivity contribution in [1.82, 2.24) is 10.6 Å². The molecule has 1 aromatic carbocycles. The van der Waals surface area contributed by atoms with Crippen LogP contribution in [0.3, 0.4) is 0 Å². The zero-order valence-electron chi connectivity index (χ0n) is 13.8. The Hall–Kier alpha value is -2.55. The molecule has 1 aliphatic heterocycles. The Morgan fingerprint density at radius 1 is 1.30 bits per heavy atom. The molecule has 6 nitrogen and oxygen atoms in total. The topological polar surface area (TPSA) is 62.8 Å². The van der Waals surface area contributed by atoms with E-state index in [1.807, 2.05) is 18.2 Å². The number of methoxy groups -OCH3 is 2. The predicted molar refractivity (Wildman–Crippen MR) is 90.1 cm³/mol. The van der Waals surface area contributed by atoms with Gasteiger partial charge in [0.15, 0.2) is 0 Å². The van der Waals surface area contributed by atoms with Crippen LogP contribution in [-0.4, -0.2) is 45.9 Å². The van der Waals surface area contributed by atoms with E-state index in [1.54, 1.807) is 21.1 Å². The molecular weight excluding hydrogens is 294 g/mol. The fraction of sp³-hybridized carbons (Fsp3) is 0.471. The van der Waals surface area contributed by atoms with Gasteiger partial charge < -0.3 is 25.0 Å². The number of nitrogens with one attached hydrogen (secondary N) is 2. The maximum Gasteiger partial charge on any atom is 0.315 e. The van der Waals surface area contributed by atoms with Crippen LogP contribution < -0.4 is 25.0 Å². The second-order valence-electron chi connectivity index (χ2n) is 5.26. The molecule has 0 spiro atoms. The van der Waals surface area contributed by atoms with E-state index < -0.39 is 0 Å². The molecule has 1 saturated heterocycles. The lowest BCUT2D eigenvalue weighted by Crippen LogP contribution is -2.43. The summed E-state index contributed by atoms with van der Waals surface area (Å²) in [6, 6.07) is 5.73. The molecule has 1 fully saturated rings. The van der Waals surface area contributed by atoms with Crippen molar-refractivity contribution in [1.29, 1.82) is 0 Å². The lowest BCUT2D eigenvalue weighted by molar-refractivity contribution is 0.239. The van der Waals surface area contributed by atoms with Gasteiger partial charge in [-0.2, -0.15) is 0 Å². The zero-order valence-corrected chi connectivity index (χ0v) is 13.8. The number of benzene rings is 1. The molecule has 124 valence electrons. The average molecular weight is 317 g/mol. The summed E-state index contributed by atoms with van der Waals surface area (Å²) in [5.41, 5.74) is 1.03. The van der Waals surface area contributed by atoms with Crippen LogP contribution in [0.4, 0.5) is 10.5 Å². The number of carbonyl (C=O) groups excluding carboxylic acids is 1. The first kappa shape index (κ1) is 16.8. The predicted octanol–water partition coefficient (Wildman–Crippen LogP) is 1.60. The molecule has 0 aromatic heterocycles. The molecular formula is C17H23N3O3. The first-order valence-electron chi connectivity index (χ1n) is 7.58. The Morgan fingerprint density at radius 3 is 2.61 bits per heavy atom. The Morgan fingerprint density at radius 2 is 2.00 bits per heavy atom. The van der Waals surface area contributed by atoms with Crippen LogP contribution in [0.15, 0.2) is 18.2 Å². The number of anilines is 1. The minimum absolute atomic E-state index is 0.113. The van der Waals surface area contributed by atoms with Gasteiger partial charge in [0.2, 0.25) is 0 Å². The molecule has 2 N–H and O–H groups in total. The van der Waals surface area contributed by atoms with Gasteiger partial charge in [-0.1, -0.05) is 5.92 Å². The van der Waals surface area contributed by atoms with Crippen LogP contribution in [0.25, 0.3) is 0 Å². The maximum atomic E-state index is 11.8. The summed E-state index contributed by atoms with van der Waals surface area (Å²) in [7, 11) is 3.27. The number of rotatable bonds is 5. The smallest absolute Gasteiger partial charge is 0.315 e. The molecule has 6 heteroatoms. The van der Waals surface area contributed by atoms with Gasteiger partial charge in [0.1, 0.15) is 11.5 Å². The minimum Gasteiger partial charge on any atom is -0.497 e. The number of hydrogen-bond donors (Lipinski definition) is 2. The standard InChI is InChI=1S/C17H23N3O3/c1-4-5-7-18-17(21)19-13-6-8-20(12-13)14-9-15(22-2)11-16(10-14)23-3/h9-11,13H,6-8,12H2,1-3H3,(H2,18,19,21)/t13-/m1/s1. The summed E-state index contributed by atoms with van der Waals surface area (Å²) in [4.78, 5) is 14.0. The van der Waals surface area contributed by atoms with Gasteiger partial charge in [0.05, 0.1) is 20.8 Å². The second kappa shape index (κ2) is 8.18. The van der Waals surface area contributed by atoms with E-state index in [1.165, 1.54) is 0 Å². The Labute approximate surface area is 137 Å². The summed E-state index contributed by atoms with van der Waals surface area (Å²) in [5.74, 6) is 7.06. The van der Waals surface area contributed by atoms with Crippen molar-refractivity contribution in [2.75, 3.05) is 38.8 Å². The Kier molecular flexibility index (Phi) is 5.98. The lowest BCUT2D eigenvalue weighted by atomic mass is 10.2. The molecule has 2 amide bonds. The van der Waals surface area contributed by atoms with Crippen LogP contribution in [-0.2, 0) is 0 Å². The van der Waals surface area contributed by atoms with Crippen molar-refractivity contribution < 1.29 is 14.3 Å². The SMILES string of the molecule is CC#CCNC(=O)N[C@@H]1CCN(c2cc(OC)cc(OC)c2)C1. The maximum absolute atomic E-state index is 11.8. The summed E-state index contributed by atoms with van der Waals surface area (Å²) in [5, 5.41) is 5.69. The van der Waals surface area contributed by atoms with Crippen LogP contribution in [0.2, 0.25) is 0 Å². The number of carbonyl (C=O) groups is 1. The van der Waals surface area contributed by atoms with Crippen molar-refractivity contribution in [3.8, 4) is 23.3 Å². The van der Waals surface area contributed by atoms with Gasteiger partial charge >= 0.3 is 6.03 Å². The summed E-state index contributed by atoms with van der Waals surface area (Å²) < 4.78 is 10.6. The van der Waals surface area contributed by atoms with Crippen molar-refractivity contribution in [2.45, 2.75) is 19.4 Å².